The van der Waals surface area contributed by atoms with Crippen molar-refractivity contribution in [2.45, 2.75) is 35.7 Å². The fourth-order valence-corrected chi connectivity index (χ4v) is 5.58. The molecule has 7 nitrogen and oxygen atoms in total. The van der Waals surface area contributed by atoms with E-state index in [2.05, 4.69) is 14.9 Å². The highest BCUT2D eigenvalue weighted by atomic mass is 32.2. The lowest BCUT2D eigenvalue weighted by atomic mass is 10.2. The van der Waals surface area contributed by atoms with Crippen molar-refractivity contribution < 1.29 is 13.2 Å². The molecule has 4 rings (SSSR count). The Balaban J connectivity index is 1.65. The maximum Gasteiger partial charge on any atom is 0.241 e. The van der Waals surface area contributed by atoms with Crippen LogP contribution in [0.1, 0.15) is 29.9 Å². The van der Waals surface area contributed by atoms with Gasteiger partial charge in [0, 0.05) is 11.4 Å². The second kappa shape index (κ2) is 10.4. The van der Waals surface area contributed by atoms with Crippen molar-refractivity contribution in [1.82, 2.24) is 19.5 Å². The molecule has 0 aliphatic carbocycles. The number of hydrogen-bond acceptors (Lipinski definition) is 6. The molecule has 1 atom stereocenters. The molecular weight excluding hydrogens is 468 g/mol. The average Bonchev–Trinajstić information content (AvgIpc) is 3.28. The minimum atomic E-state index is -3.72. The molecule has 0 bridgehead atoms. The first-order chi connectivity index (χ1) is 16.4. The summed E-state index contributed by atoms with van der Waals surface area (Å²) in [7, 11) is -2.08. The van der Waals surface area contributed by atoms with Gasteiger partial charge in [-0.2, -0.15) is 0 Å². The molecule has 1 unspecified atom stereocenters. The molecule has 34 heavy (non-hydrogen) atoms. The summed E-state index contributed by atoms with van der Waals surface area (Å²) in [5.41, 5.74) is 3.08. The Morgan fingerprint density at radius 1 is 1.00 bits per heavy atom. The molecule has 1 N–H and O–H groups in total. The Labute approximate surface area is 204 Å². The number of nitrogens with zero attached hydrogens (tertiary/aromatic N) is 3. The predicted octanol–water partition coefficient (Wildman–Crippen LogP) is 4.92. The number of ether oxygens (including phenoxy) is 1. The van der Waals surface area contributed by atoms with Gasteiger partial charge >= 0.3 is 0 Å². The third-order valence-electron chi connectivity index (χ3n) is 5.23. The minimum Gasteiger partial charge on any atom is -0.497 e. The largest absolute Gasteiger partial charge is 0.497 e. The molecule has 0 spiro atoms. The monoisotopic (exact) mass is 494 g/mol. The summed E-state index contributed by atoms with van der Waals surface area (Å²) in [5.74, 6) is 1.96. The quantitative estimate of drug-likeness (QED) is 0.333. The normalized spacial score (nSPS) is 12.4. The summed E-state index contributed by atoms with van der Waals surface area (Å²) in [4.78, 5) is 0.205. The van der Waals surface area contributed by atoms with Gasteiger partial charge < -0.3 is 4.74 Å². The van der Waals surface area contributed by atoms with Crippen LogP contribution in [0.15, 0.2) is 88.9 Å². The van der Waals surface area contributed by atoms with E-state index in [0.29, 0.717) is 16.7 Å². The lowest BCUT2D eigenvalue weighted by Gasteiger charge is -2.17. The van der Waals surface area contributed by atoms with E-state index in [0.717, 1.165) is 22.6 Å². The fraction of sp³-hybridized carbons (Fsp3) is 0.200. The Hall–Kier alpha value is -3.14. The molecule has 0 aliphatic rings. The zero-order valence-electron chi connectivity index (χ0n) is 19.2. The molecule has 4 aromatic rings. The maximum atomic E-state index is 12.9. The predicted molar refractivity (Wildman–Crippen MR) is 134 cm³/mol. The molecule has 9 heteroatoms. The van der Waals surface area contributed by atoms with Crippen LogP contribution in [0, 0.1) is 6.92 Å². The van der Waals surface area contributed by atoms with Crippen molar-refractivity contribution >= 4 is 21.8 Å². The molecule has 0 fully saturated rings. The van der Waals surface area contributed by atoms with Crippen LogP contribution in [0.4, 0.5) is 0 Å². The van der Waals surface area contributed by atoms with Crippen molar-refractivity contribution in [3.8, 4) is 11.4 Å². The van der Waals surface area contributed by atoms with Crippen LogP contribution in [0.2, 0.25) is 0 Å². The lowest BCUT2D eigenvalue weighted by molar-refractivity contribution is 0.414. The molecule has 0 saturated heterocycles. The number of hydrogen-bond donors (Lipinski definition) is 1. The van der Waals surface area contributed by atoms with E-state index >= 15 is 0 Å². The average molecular weight is 495 g/mol. The summed E-state index contributed by atoms with van der Waals surface area (Å²) >= 11 is 1.53. The fourth-order valence-electron chi connectivity index (χ4n) is 3.45. The molecule has 3 aromatic carbocycles. The van der Waals surface area contributed by atoms with Crippen molar-refractivity contribution in [3.63, 3.8) is 0 Å². The van der Waals surface area contributed by atoms with Crippen molar-refractivity contribution in [1.29, 1.82) is 0 Å². The molecule has 1 heterocycles. The van der Waals surface area contributed by atoms with Gasteiger partial charge in [0.2, 0.25) is 10.0 Å². The van der Waals surface area contributed by atoms with Gasteiger partial charge in [-0.3, -0.25) is 4.57 Å². The van der Waals surface area contributed by atoms with Gasteiger partial charge in [-0.15, -0.1) is 10.2 Å². The molecule has 0 radical (unpaired) electrons. The third-order valence-corrected chi connectivity index (χ3v) is 7.78. The van der Waals surface area contributed by atoms with Crippen molar-refractivity contribution in [2.24, 2.45) is 0 Å². The van der Waals surface area contributed by atoms with Crippen molar-refractivity contribution in [3.05, 3.63) is 95.8 Å². The topological polar surface area (TPSA) is 86.1 Å². The molecular formula is C25H26N4O3S2. The summed E-state index contributed by atoms with van der Waals surface area (Å²) in [6, 6.07) is 23.5. The number of nitrogens with one attached hydrogen (secondary N) is 1. The Morgan fingerprint density at radius 3 is 2.44 bits per heavy atom. The molecule has 0 amide bonds. The van der Waals surface area contributed by atoms with Crippen LogP contribution in [-0.4, -0.2) is 30.3 Å². The van der Waals surface area contributed by atoms with Gasteiger partial charge in [0.05, 0.1) is 18.0 Å². The first kappa shape index (κ1) is 24.0. The molecule has 1 aromatic heterocycles. The first-order valence-electron chi connectivity index (χ1n) is 10.7. The molecule has 176 valence electrons. The second-order valence-corrected chi connectivity index (χ2v) is 10.5. The Kier molecular flexibility index (Phi) is 7.35. The summed E-state index contributed by atoms with van der Waals surface area (Å²) < 4.78 is 35.8. The van der Waals surface area contributed by atoms with Crippen molar-refractivity contribution in [2.75, 3.05) is 7.11 Å². The highest BCUT2D eigenvalue weighted by Crippen LogP contribution is 2.29. The maximum absolute atomic E-state index is 12.9. The smallest absolute Gasteiger partial charge is 0.241 e. The highest BCUT2D eigenvalue weighted by molar-refractivity contribution is 7.98. The van der Waals surface area contributed by atoms with E-state index in [1.54, 1.807) is 44.4 Å². The summed E-state index contributed by atoms with van der Waals surface area (Å²) in [6.07, 6.45) is 0. The van der Waals surface area contributed by atoms with E-state index in [4.69, 9.17) is 4.74 Å². The van der Waals surface area contributed by atoms with E-state index in [-0.39, 0.29) is 4.90 Å². The highest BCUT2D eigenvalue weighted by Gasteiger charge is 2.24. The zero-order valence-corrected chi connectivity index (χ0v) is 20.8. The second-order valence-electron chi connectivity index (χ2n) is 7.81. The number of rotatable bonds is 9. The molecule has 0 aliphatic heterocycles. The summed E-state index contributed by atoms with van der Waals surface area (Å²) in [5, 5.41) is 9.46. The van der Waals surface area contributed by atoms with Crippen LogP contribution in [-0.2, 0) is 15.8 Å². The van der Waals surface area contributed by atoms with Crippen LogP contribution >= 0.6 is 11.8 Å². The SMILES string of the molecule is COc1cccc(CSc2nnc(C(C)NS(=O)(=O)c3ccccc3)n2-c2ccc(C)cc2)c1. The summed E-state index contributed by atoms with van der Waals surface area (Å²) in [6.45, 7) is 3.79. The van der Waals surface area contributed by atoms with Gasteiger partial charge in [-0.1, -0.05) is 59.8 Å². The van der Waals surface area contributed by atoms with Gasteiger partial charge in [-0.05, 0) is 55.8 Å². The number of benzene rings is 3. The lowest BCUT2D eigenvalue weighted by Crippen LogP contribution is -2.28. The van der Waals surface area contributed by atoms with Gasteiger partial charge in [-0.25, -0.2) is 13.1 Å². The van der Waals surface area contributed by atoms with Gasteiger partial charge in [0.25, 0.3) is 0 Å². The van der Waals surface area contributed by atoms with Crippen LogP contribution in [0.3, 0.4) is 0 Å². The number of methoxy groups -OCH3 is 1. The van der Waals surface area contributed by atoms with E-state index in [1.165, 1.54) is 11.8 Å². The number of aromatic nitrogens is 3. The van der Waals surface area contributed by atoms with Gasteiger partial charge in [0.1, 0.15) is 5.75 Å². The van der Waals surface area contributed by atoms with Gasteiger partial charge in [0.15, 0.2) is 11.0 Å². The van der Waals surface area contributed by atoms with E-state index in [1.807, 2.05) is 60.0 Å². The van der Waals surface area contributed by atoms with Crippen LogP contribution in [0.5, 0.6) is 5.75 Å². The first-order valence-corrected chi connectivity index (χ1v) is 13.2. The Bertz CT molecular complexity index is 1350. The number of aryl methyl sites for hydroxylation is 1. The van der Waals surface area contributed by atoms with E-state index < -0.39 is 16.1 Å². The zero-order chi connectivity index (χ0) is 24.1. The Morgan fingerprint density at radius 2 is 1.74 bits per heavy atom. The van der Waals surface area contributed by atoms with Crippen LogP contribution < -0.4 is 9.46 Å². The minimum absolute atomic E-state index is 0.205. The van der Waals surface area contributed by atoms with E-state index in [9.17, 15) is 8.42 Å². The standard InChI is InChI=1S/C25H26N4O3S2/c1-18-12-14-21(15-13-18)29-24(19(2)28-34(30,31)23-10-5-4-6-11-23)26-27-25(29)33-17-20-8-7-9-22(16-20)32-3/h4-16,19,28H,17H2,1-3H3. The number of sulfonamides is 1. The van der Waals surface area contributed by atoms with Crippen LogP contribution in [0.25, 0.3) is 5.69 Å². The third kappa shape index (κ3) is 5.49. The molecule has 0 saturated carbocycles. The number of thioether (sulfide) groups is 1.